The Morgan fingerprint density at radius 1 is 1.24 bits per heavy atom. The molecule has 0 atom stereocenters. The van der Waals surface area contributed by atoms with Gasteiger partial charge in [-0.25, -0.2) is 8.42 Å². The van der Waals surface area contributed by atoms with Crippen LogP contribution >= 0.6 is 0 Å². The minimum absolute atomic E-state index is 0.188. The SMILES string of the molecule is Cc1ccc(N(CC(=O)NCCCN2CCCC2)S(C)(=O)=O)c(C)c1. The molecule has 1 fully saturated rings. The standard InChI is InChI=1S/C18H29N3O3S/c1-15-7-8-17(16(2)13-15)21(25(3,23)24)14-18(22)19-9-6-12-20-10-4-5-11-20/h7-8,13H,4-6,9-12,14H2,1-3H3,(H,19,22). The number of nitrogens with zero attached hydrogens (tertiary/aromatic N) is 2. The van der Waals surface area contributed by atoms with Gasteiger partial charge in [-0.15, -0.1) is 0 Å². The summed E-state index contributed by atoms with van der Waals surface area (Å²) >= 11 is 0. The van der Waals surface area contributed by atoms with Crippen molar-refractivity contribution >= 4 is 21.6 Å². The van der Waals surface area contributed by atoms with Crippen molar-refractivity contribution in [3.8, 4) is 0 Å². The highest BCUT2D eigenvalue weighted by Crippen LogP contribution is 2.23. The van der Waals surface area contributed by atoms with Crippen molar-refractivity contribution in [3.05, 3.63) is 29.3 Å². The molecule has 1 aliphatic rings. The zero-order valence-electron chi connectivity index (χ0n) is 15.4. The van der Waals surface area contributed by atoms with Gasteiger partial charge >= 0.3 is 0 Å². The quantitative estimate of drug-likeness (QED) is 0.710. The smallest absolute Gasteiger partial charge is 0.240 e. The van der Waals surface area contributed by atoms with Gasteiger partial charge in [-0.3, -0.25) is 9.10 Å². The zero-order valence-corrected chi connectivity index (χ0v) is 16.2. The molecule has 0 aliphatic carbocycles. The van der Waals surface area contributed by atoms with E-state index in [-0.39, 0.29) is 12.5 Å². The van der Waals surface area contributed by atoms with Gasteiger partial charge in [-0.2, -0.15) is 0 Å². The number of benzene rings is 1. The number of anilines is 1. The Morgan fingerprint density at radius 3 is 2.52 bits per heavy atom. The molecule has 0 unspecified atom stereocenters. The maximum atomic E-state index is 12.2. The number of hydrogen-bond acceptors (Lipinski definition) is 4. The second-order valence-electron chi connectivity index (χ2n) is 6.81. The van der Waals surface area contributed by atoms with Gasteiger partial charge in [0.1, 0.15) is 6.54 Å². The highest BCUT2D eigenvalue weighted by molar-refractivity contribution is 7.92. The lowest BCUT2D eigenvalue weighted by molar-refractivity contribution is -0.119. The normalized spacial score (nSPS) is 15.3. The Labute approximate surface area is 151 Å². The van der Waals surface area contributed by atoms with Crippen molar-refractivity contribution in [3.63, 3.8) is 0 Å². The van der Waals surface area contributed by atoms with Crippen LogP contribution in [0.25, 0.3) is 0 Å². The molecular weight excluding hydrogens is 338 g/mol. The predicted octanol–water partition coefficient (Wildman–Crippen LogP) is 1.67. The summed E-state index contributed by atoms with van der Waals surface area (Å²) in [4.78, 5) is 14.6. The van der Waals surface area contributed by atoms with Crippen LogP contribution in [0, 0.1) is 13.8 Å². The van der Waals surface area contributed by atoms with Gasteiger partial charge in [0.05, 0.1) is 11.9 Å². The lowest BCUT2D eigenvalue weighted by Crippen LogP contribution is -2.41. The molecule has 1 amide bonds. The summed E-state index contributed by atoms with van der Waals surface area (Å²) in [6, 6.07) is 5.53. The van der Waals surface area contributed by atoms with Crippen molar-refractivity contribution in [2.24, 2.45) is 0 Å². The third kappa shape index (κ3) is 6.01. The number of aryl methyl sites for hydroxylation is 2. The number of amides is 1. The van der Waals surface area contributed by atoms with Crippen molar-refractivity contribution in [1.82, 2.24) is 10.2 Å². The van der Waals surface area contributed by atoms with Gasteiger partial charge in [0.15, 0.2) is 0 Å². The van der Waals surface area contributed by atoms with Crippen molar-refractivity contribution < 1.29 is 13.2 Å². The van der Waals surface area contributed by atoms with E-state index < -0.39 is 10.0 Å². The van der Waals surface area contributed by atoms with E-state index in [0.717, 1.165) is 43.4 Å². The van der Waals surface area contributed by atoms with E-state index >= 15 is 0 Å². The average molecular weight is 368 g/mol. The molecule has 1 aliphatic heterocycles. The van der Waals surface area contributed by atoms with Crippen molar-refractivity contribution in [1.29, 1.82) is 0 Å². The molecule has 1 heterocycles. The molecule has 0 bridgehead atoms. The molecule has 6 nitrogen and oxygen atoms in total. The van der Waals surface area contributed by atoms with E-state index in [4.69, 9.17) is 0 Å². The molecule has 7 heteroatoms. The highest BCUT2D eigenvalue weighted by atomic mass is 32.2. The maximum absolute atomic E-state index is 12.2. The molecular formula is C18H29N3O3S. The molecule has 0 saturated carbocycles. The van der Waals surface area contributed by atoms with Crippen LogP contribution in [0.5, 0.6) is 0 Å². The molecule has 0 spiro atoms. The fourth-order valence-electron chi connectivity index (χ4n) is 3.19. The molecule has 140 valence electrons. The summed E-state index contributed by atoms with van der Waals surface area (Å²) in [6.45, 7) is 7.45. The Hall–Kier alpha value is -1.60. The summed E-state index contributed by atoms with van der Waals surface area (Å²) in [6.07, 6.45) is 4.53. The van der Waals surface area contributed by atoms with Crippen molar-refractivity contribution in [2.45, 2.75) is 33.1 Å². The van der Waals surface area contributed by atoms with E-state index in [9.17, 15) is 13.2 Å². The molecule has 2 rings (SSSR count). The lowest BCUT2D eigenvalue weighted by atomic mass is 10.1. The lowest BCUT2D eigenvalue weighted by Gasteiger charge is -2.24. The first-order valence-corrected chi connectivity index (χ1v) is 10.7. The molecule has 1 N–H and O–H groups in total. The van der Waals surface area contributed by atoms with Crippen LogP contribution in [0.1, 0.15) is 30.4 Å². The summed E-state index contributed by atoms with van der Waals surface area (Å²) in [5, 5.41) is 2.84. The molecule has 0 aromatic heterocycles. The maximum Gasteiger partial charge on any atom is 0.240 e. The number of carbonyl (C=O) groups excluding carboxylic acids is 1. The van der Waals surface area contributed by atoms with E-state index in [1.54, 1.807) is 6.07 Å². The van der Waals surface area contributed by atoms with Gasteiger partial charge < -0.3 is 10.2 Å². The van der Waals surface area contributed by atoms with Crippen LogP contribution in [-0.2, 0) is 14.8 Å². The van der Waals surface area contributed by atoms with Gasteiger partial charge in [-0.05, 0) is 64.4 Å². The number of nitrogens with one attached hydrogen (secondary N) is 1. The first-order valence-electron chi connectivity index (χ1n) is 8.81. The summed E-state index contributed by atoms with van der Waals surface area (Å²) in [5.41, 5.74) is 2.45. The number of rotatable bonds is 8. The largest absolute Gasteiger partial charge is 0.354 e. The number of sulfonamides is 1. The first-order chi connectivity index (χ1) is 11.8. The Morgan fingerprint density at radius 2 is 1.92 bits per heavy atom. The topological polar surface area (TPSA) is 69.7 Å². The second kappa shape index (κ2) is 8.67. The first kappa shape index (κ1) is 19.7. The van der Waals surface area contributed by atoms with Crippen molar-refractivity contribution in [2.75, 3.05) is 43.3 Å². The van der Waals surface area contributed by atoms with Crippen LogP contribution in [0.15, 0.2) is 18.2 Å². The van der Waals surface area contributed by atoms with Crippen LogP contribution in [0.4, 0.5) is 5.69 Å². The van der Waals surface area contributed by atoms with Crippen LogP contribution in [-0.4, -0.2) is 58.2 Å². The number of hydrogen-bond donors (Lipinski definition) is 1. The average Bonchev–Trinajstić information content (AvgIpc) is 3.02. The number of likely N-dealkylation sites (tertiary alicyclic amines) is 1. The fourth-order valence-corrected chi connectivity index (χ4v) is 4.10. The third-order valence-corrected chi connectivity index (χ3v) is 5.61. The second-order valence-corrected chi connectivity index (χ2v) is 8.72. The fraction of sp³-hybridized carbons (Fsp3) is 0.611. The van der Waals surface area contributed by atoms with E-state index in [1.807, 2.05) is 26.0 Å². The molecule has 1 saturated heterocycles. The molecule has 1 aromatic rings. The minimum Gasteiger partial charge on any atom is -0.354 e. The molecule has 0 radical (unpaired) electrons. The van der Waals surface area contributed by atoms with Crippen LogP contribution in [0.2, 0.25) is 0 Å². The van der Waals surface area contributed by atoms with E-state index in [2.05, 4.69) is 10.2 Å². The van der Waals surface area contributed by atoms with E-state index in [0.29, 0.717) is 12.2 Å². The summed E-state index contributed by atoms with van der Waals surface area (Å²) in [5.74, 6) is -0.271. The monoisotopic (exact) mass is 367 g/mol. The van der Waals surface area contributed by atoms with Crippen LogP contribution < -0.4 is 9.62 Å². The Balaban J connectivity index is 1.91. The molecule has 25 heavy (non-hydrogen) atoms. The van der Waals surface area contributed by atoms with Gasteiger partial charge in [0.25, 0.3) is 0 Å². The van der Waals surface area contributed by atoms with Gasteiger partial charge in [0, 0.05) is 6.54 Å². The summed E-state index contributed by atoms with van der Waals surface area (Å²) in [7, 11) is -3.53. The predicted molar refractivity (Wildman–Crippen MR) is 101 cm³/mol. The Bertz CT molecular complexity index is 698. The Kier molecular flexibility index (Phi) is 6.84. The summed E-state index contributed by atoms with van der Waals surface area (Å²) < 4.78 is 25.5. The van der Waals surface area contributed by atoms with Crippen LogP contribution in [0.3, 0.4) is 0 Å². The zero-order chi connectivity index (χ0) is 18.4. The number of carbonyl (C=O) groups is 1. The minimum atomic E-state index is -3.53. The third-order valence-electron chi connectivity index (χ3n) is 4.48. The molecule has 1 aromatic carbocycles. The van der Waals surface area contributed by atoms with E-state index in [1.165, 1.54) is 17.1 Å². The highest BCUT2D eigenvalue weighted by Gasteiger charge is 2.22. The van der Waals surface area contributed by atoms with Gasteiger partial charge in [-0.1, -0.05) is 17.7 Å². The van der Waals surface area contributed by atoms with Gasteiger partial charge in [0.2, 0.25) is 15.9 Å².